The van der Waals surface area contributed by atoms with Crippen LogP contribution in [0.5, 0.6) is 0 Å². The molecule has 6 nitrogen and oxygen atoms in total. The lowest BCUT2D eigenvalue weighted by atomic mass is 10.4. The predicted molar refractivity (Wildman–Crippen MR) is 69.6 cm³/mol. The van der Waals surface area contributed by atoms with Crippen LogP contribution in [0.2, 0.25) is 0 Å². The number of hydrogen-bond acceptors (Lipinski definition) is 4. The summed E-state index contributed by atoms with van der Waals surface area (Å²) >= 11 is 0. The number of hydrogen-bond donors (Lipinski definition) is 2. The van der Waals surface area contributed by atoms with Gasteiger partial charge in [0.15, 0.2) is 5.03 Å². The van der Waals surface area contributed by atoms with Gasteiger partial charge in [0, 0.05) is 12.7 Å². The molecule has 0 fully saturated rings. The summed E-state index contributed by atoms with van der Waals surface area (Å²) in [7, 11) is -3.60. The fourth-order valence-electron chi connectivity index (χ4n) is 1.59. The topological polar surface area (TPSA) is 92.1 Å². The van der Waals surface area contributed by atoms with E-state index in [0.29, 0.717) is 11.5 Å². The number of anilines is 2. The van der Waals surface area contributed by atoms with E-state index in [9.17, 15) is 8.42 Å². The lowest BCUT2D eigenvalue weighted by molar-refractivity contribution is 0.588. The molecule has 0 aliphatic rings. The van der Waals surface area contributed by atoms with E-state index >= 15 is 0 Å². The predicted octanol–water partition coefficient (Wildman–Crippen LogP) is 1.21. The second-order valence-electron chi connectivity index (χ2n) is 3.65. The van der Waals surface area contributed by atoms with Gasteiger partial charge in [-0.1, -0.05) is 0 Å². The molecule has 3 N–H and O–H groups in total. The van der Waals surface area contributed by atoms with Crippen molar-refractivity contribution in [2.45, 2.75) is 11.9 Å². The lowest BCUT2D eigenvalue weighted by Crippen LogP contribution is -2.31. The van der Waals surface area contributed by atoms with E-state index in [1.165, 1.54) is 16.6 Å². The first-order chi connectivity index (χ1) is 8.55. The highest BCUT2D eigenvalue weighted by molar-refractivity contribution is 7.92. The van der Waals surface area contributed by atoms with Crippen molar-refractivity contribution in [3.8, 4) is 0 Å². The van der Waals surface area contributed by atoms with Crippen molar-refractivity contribution < 1.29 is 8.42 Å². The summed E-state index contributed by atoms with van der Waals surface area (Å²) in [6, 6.07) is 6.35. The molecule has 2 aromatic rings. The Morgan fingerprint density at radius 1 is 1.39 bits per heavy atom. The van der Waals surface area contributed by atoms with E-state index in [2.05, 4.69) is 9.97 Å². The number of nitrogen functional groups attached to an aromatic ring is 1. The molecular formula is C11H14N4O2S. The zero-order valence-corrected chi connectivity index (χ0v) is 10.7. The molecule has 7 heteroatoms. The molecule has 0 aromatic carbocycles. The van der Waals surface area contributed by atoms with Crippen molar-refractivity contribution in [1.29, 1.82) is 0 Å². The Morgan fingerprint density at radius 2 is 2.17 bits per heavy atom. The summed E-state index contributed by atoms with van der Waals surface area (Å²) in [5, 5.41) is 0.142. The summed E-state index contributed by atoms with van der Waals surface area (Å²) in [6.45, 7) is 2.04. The average molecular weight is 266 g/mol. The number of H-pyrrole nitrogens is 1. The first-order valence-electron chi connectivity index (χ1n) is 5.43. The smallest absolute Gasteiger partial charge is 0.280 e. The van der Waals surface area contributed by atoms with E-state index in [4.69, 9.17) is 5.73 Å². The largest absolute Gasteiger partial charge is 0.397 e. The molecule has 0 amide bonds. The molecule has 0 aliphatic heterocycles. The Morgan fingerprint density at radius 3 is 2.67 bits per heavy atom. The summed E-state index contributed by atoms with van der Waals surface area (Å²) in [6.07, 6.45) is 3.00. The van der Waals surface area contributed by atoms with Gasteiger partial charge in [-0.15, -0.1) is 0 Å². The van der Waals surface area contributed by atoms with Crippen molar-refractivity contribution in [1.82, 2.24) is 9.97 Å². The second-order valence-corrected chi connectivity index (χ2v) is 5.48. The molecule has 0 saturated heterocycles. The summed E-state index contributed by atoms with van der Waals surface area (Å²) in [5.74, 6) is 0.348. The maximum atomic E-state index is 12.3. The number of rotatable bonds is 4. The van der Waals surface area contributed by atoms with Gasteiger partial charge in [-0.05, 0) is 31.2 Å². The monoisotopic (exact) mass is 266 g/mol. The minimum atomic E-state index is -3.60. The fourth-order valence-corrected chi connectivity index (χ4v) is 2.99. The van der Waals surface area contributed by atoms with Gasteiger partial charge in [0.2, 0.25) is 0 Å². The highest BCUT2D eigenvalue weighted by atomic mass is 32.2. The molecule has 0 radical (unpaired) electrons. The van der Waals surface area contributed by atoms with Crippen LogP contribution in [0.15, 0.2) is 41.7 Å². The number of aromatic amines is 1. The fraction of sp³-hybridized carbons (Fsp3) is 0.182. The van der Waals surface area contributed by atoms with Crippen LogP contribution in [-0.2, 0) is 10.0 Å². The third-order valence-electron chi connectivity index (χ3n) is 2.45. The Kier molecular flexibility index (Phi) is 3.24. The number of nitrogens with zero attached hydrogens (tertiary/aromatic N) is 2. The molecule has 2 heterocycles. The summed E-state index contributed by atoms with van der Waals surface area (Å²) in [4.78, 5) is 6.72. The Balaban J connectivity index is 2.43. The van der Waals surface area contributed by atoms with Crippen molar-refractivity contribution >= 4 is 21.5 Å². The Hall–Kier alpha value is -2.02. The van der Waals surface area contributed by atoms with Crippen molar-refractivity contribution in [3.63, 3.8) is 0 Å². The van der Waals surface area contributed by atoms with Gasteiger partial charge in [0.05, 0.1) is 11.9 Å². The van der Waals surface area contributed by atoms with Gasteiger partial charge in [-0.2, -0.15) is 8.42 Å². The molecule has 0 spiro atoms. The highest BCUT2D eigenvalue weighted by Gasteiger charge is 2.24. The van der Waals surface area contributed by atoms with Gasteiger partial charge < -0.3 is 10.7 Å². The van der Waals surface area contributed by atoms with Crippen LogP contribution in [0.25, 0.3) is 0 Å². The maximum absolute atomic E-state index is 12.3. The normalized spacial score (nSPS) is 11.4. The van der Waals surface area contributed by atoms with Crippen LogP contribution in [0.1, 0.15) is 6.92 Å². The van der Waals surface area contributed by atoms with Crippen LogP contribution in [-0.4, -0.2) is 24.9 Å². The van der Waals surface area contributed by atoms with E-state index in [0.717, 1.165) is 0 Å². The molecule has 0 unspecified atom stereocenters. The quantitative estimate of drug-likeness (QED) is 0.870. The number of aromatic nitrogens is 2. The number of nitrogens with two attached hydrogens (primary N) is 1. The zero-order valence-electron chi connectivity index (χ0n) is 9.87. The van der Waals surface area contributed by atoms with Crippen molar-refractivity contribution in [3.05, 3.63) is 36.7 Å². The van der Waals surface area contributed by atoms with Crippen LogP contribution in [0.4, 0.5) is 11.5 Å². The van der Waals surface area contributed by atoms with Crippen LogP contribution >= 0.6 is 0 Å². The summed E-state index contributed by atoms with van der Waals surface area (Å²) < 4.78 is 25.9. The molecule has 0 atom stereocenters. The van der Waals surface area contributed by atoms with Gasteiger partial charge in [0.1, 0.15) is 5.82 Å². The number of nitrogens with one attached hydrogen (secondary N) is 1. The second kappa shape index (κ2) is 4.69. The maximum Gasteiger partial charge on any atom is 0.280 e. The average Bonchev–Trinajstić information content (AvgIpc) is 2.86. The van der Waals surface area contributed by atoms with Crippen molar-refractivity contribution in [2.75, 3.05) is 16.6 Å². The van der Waals surface area contributed by atoms with Crippen LogP contribution in [0.3, 0.4) is 0 Å². The molecule has 0 saturated carbocycles. The van der Waals surface area contributed by atoms with Crippen molar-refractivity contribution in [2.24, 2.45) is 0 Å². The number of pyridine rings is 1. The third-order valence-corrected chi connectivity index (χ3v) is 4.29. The standard InChI is InChI=1S/C11H14N4O2S/c1-2-15(10-6-5-9(12)8-14-10)18(16,17)11-4-3-7-13-11/h3-8,13H,2,12H2,1H3. The van der Waals surface area contributed by atoms with Gasteiger partial charge >= 0.3 is 0 Å². The zero-order chi connectivity index (χ0) is 13.2. The highest BCUT2D eigenvalue weighted by Crippen LogP contribution is 2.20. The lowest BCUT2D eigenvalue weighted by Gasteiger charge is -2.20. The minimum Gasteiger partial charge on any atom is -0.397 e. The van der Waals surface area contributed by atoms with E-state index < -0.39 is 10.0 Å². The summed E-state index contributed by atoms with van der Waals surface area (Å²) in [5.41, 5.74) is 6.03. The molecule has 2 rings (SSSR count). The first kappa shape index (κ1) is 12.4. The molecule has 18 heavy (non-hydrogen) atoms. The van der Waals surface area contributed by atoms with E-state index in [1.54, 1.807) is 31.3 Å². The van der Waals surface area contributed by atoms with Gasteiger partial charge in [0.25, 0.3) is 10.0 Å². The molecule has 0 bridgehead atoms. The van der Waals surface area contributed by atoms with Gasteiger partial charge in [-0.25, -0.2) is 9.29 Å². The molecule has 2 aromatic heterocycles. The minimum absolute atomic E-state index is 0.142. The third kappa shape index (κ3) is 2.17. The Bertz CT molecular complexity index is 605. The van der Waals surface area contributed by atoms with Crippen LogP contribution in [0, 0.1) is 0 Å². The number of sulfonamides is 1. The molecule has 0 aliphatic carbocycles. The SMILES string of the molecule is CCN(c1ccc(N)cn1)S(=O)(=O)c1ccc[nH]1. The Labute approximate surface area is 106 Å². The van der Waals surface area contributed by atoms with Crippen LogP contribution < -0.4 is 10.0 Å². The molecular weight excluding hydrogens is 252 g/mol. The van der Waals surface area contributed by atoms with Gasteiger partial charge in [-0.3, -0.25) is 0 Å². The van der Waals surface area contributed by atoms with E-state index in [-0.39, 0.29) is 11.6 Å². The van der Waals surface area contributed by atoms with E-state index in [1.807, 2.05) is 0 Å². The first-order valence-corrected chi connectivity index (χ1v) is 6.87. The molecule has 96 valence electrons.